The summed E-state index contributed by atoms with van der Waals surface area (Å²) < 4.78 is 0. The average molecular weight is 238 g/mol. The number of carbonyl (C=O) groups is 1. The lowest BCUT2D eigenvalue weighted by molar-refractivity contribution is -0.157. The van der Waals surface area contributed by atoms with E-state index in [0.717, 1.165) is 38.0 Å². The van der Waals surface area contributed by atoms with Gasteiger partial charge in [-0.2, -0.15) is 0 Å². The SMILES string of the molecule is CCC1CCCC(C2(C(=O)O)CCCCC2)C1. The van der Waals surface area contributed by atoms with Crippen LogP contribution in [0.15, 0.2) is 0 Å². The van der Waals surface area contributed by atoms with Crippen LogP contribution in [-0.2, 0) is 4.79 Å². The Bertz CT molecular complexity index is 266. The Morgan fingerprint density at radius 2 is 1.88 bits per heavy atom. The second kappa shape index (κ2) is 5.41. The first-order valence-corrected chi connectivity index (χ1v) is 7.42. The van der Waals surface area contributed by atoms with Gasteiger partial charge in [0.2, 0.25) is 0 Å². The van der Waals surface area contributed by atoms with Gasteiger partial charge in [0.15, 0.2) is 0 Å². The fourth-order valence-corrected chi connectivity index (χ4v) is 4.14. The molecule has 2 rings (SSSR count). The lowest BCUT2D eigenvalue weighted by Crippen LogP contribution is -2.42. The quantitative estimate of drug-likeness (QED) is 0.798. The third-order valence-electron chi connectivity index (χ3n) is 5.31. The van der Waals surface area contributed by atoms with Crippen LogP contribution in [0.25, 0.3) is 0 Å². The molecular weight excluding hydrogens is 212 g/mol. The molecule has 2 atom stereocenters. The Hall–Kier alpha value is -0.530. The van der Waals surface area contributed by atoms with Gasteiger partial charge < -0.3 is 5.11 Å². The van der Waals surface area contributed by atoms with Crippen molar-refractivity contribution in [2.45, 2.75) is 71.1 Å². The van der Waals surface area contributed by atoms with Crippen molar-refractivity contribution in [2.24, 2.45) is 17.3 Å². The molecule has 2 fully saturated rings. The highest BCUT2D eigenvalue weighted by Crippen LogP contribution is 2.49. The van der Waals surface area contributed by atoms with Gasteiger partial charge in [-0.15, -0.1) is 0 Å². The summed E-state index contributed by atoms with van der Waals surface area (Å²) >= 11 is 0. The van der Waals surface area contributed by atoms with Crippen LogP contribution in [0.3, 0.4) is 0 Å². The molecule has 0 heterocycles. The third kappa shape index (κ3) is 2.51. The predicted molar refractivity (Wildman–Crippen MR) is 68.9 cm³/mol. The van der Waals surface area contributed by atoms with Gasteiger partial charge >= 0.3 is 5.97 Å². The lowest BCUT2D eigenvalue weighted by atomic mass is 9.60. The maximum Gasteiger partial charge on any atom is 0.309 e. The van der Waals surface area contributed by atoms with Gasteiger partial charge in [-0.25, -0.2) is 0 Å². The summed E-state index contributed by atoms with van der Waals surface area (Å²) in [5.41, 5.74) is -0.355. The maximum absolute atomic E-state index is 11.8. The molecule has 17 heavy (non-hydrogen) atoms. The number of rotatable bonds is 3. The second-order valence-corrected chi connectivity index (χ2v) is 6.16. The Kier molecular flexibility index (Phi) is 4.11. The van der Waals surface area contributed by atoms with Gasteiger partial charge in [0.1, 0.15) is 0 Å². The highest BCUT2D eigenvalue weighted by molar-refractivity contribution is 5.75. The normalized spacial score (nSPS) is 33.2. The monoisotopic (exact) mass is 238 g/mol. The molecule has 0 aromatic rings. The smallest absolute Gasteiger partial charge is 0.309 e. The summed E-state index contributed by atoms with van der Waals surface area (Å²) in [6, 6.07) is 0. The van der Waals surface area contributed by atoms with Crippen molar-refractivity contribution in [1.82, 2.24) is 0 Å². The minimum absolute atomic E-state index is 0.355. The molecule has 2 unspecified atom stereocenters. The number of hydrogen-bond donors (Lipinski definition) is 1. The molecule has 98 valence electrons. The van der Waals surface area contributed by atoms with Gasteiger partial charge in [-0.1, -0.05) is 45.4 Å². The lowest BCUT2D eigenvalue weighted by Gasteiger charge is -2.43. The molecule has 2 saturated carbocycles. The van der Waals surface area contributed by atoms with E-state index < -0.39 is 5.97 Å². The maximum atomic E-state index is 11.8. The summed E-state index contributed by atoms with van der Waals surface area (Å²) in [6.45, 7) is 2.25. The summed E-state index contributed by atoms with van der Waals surface area (Å²) in [7, 11) is 0. The van der Waals surface area contributed by atoms with Crippen LogP contribution >= 0.6 is 0 Å². The van der Waals surface area contributed by atoms with Crippen LogP contribution in [-0.4, -0.2) is 11.1 Å². The van der Waals surface area contributed by atoms with E-state index in [1.165, 1.54) is 32.1 Å². The molecule has 2 aliphatic rings. The number of carboxylic acid groups (broad SMARTS) is 1. The third-order valence-corrected chi connectivity index (χ3v) is 5.31. The van der Waals surface area contributed by atoms with Crippen molar-refractivity contribution < 1.29 is 9.90 Å². The molecule has 1 N–H and O–H groups in total. The molecule has 2 nitrogen and oxygen atoms in total. The summed E-state index contributed by atoms with van der Waals surface area (Å²) in [4.78, 5) is 11.8. The van der Waals surface area contributed by atoms with Crippen LogP contribution in [0.1, 0.15) is 71.1 Å². The molecule has 0 spiro atoms. The largest absolute Gasteiger partial charge is 0.481 e. The summed E-state index contributed by atoms with van der Waals surface area (Å²) in [6.07, 6.45) is 11.5. The van der Waals surface area contributed by atoms with E-state index >= 15 is 0 Å². The molecule has 0 saturated heterocycles. The molecule has 0 aliphatic heterocycles. The van der Waals surface area contributed by atoms with Crippen molar-refractivity contribution in [3.05, 3.63) is 0 Å². The van der Waals surface area contributed by atoms with Crippen LogP contribution in [0.4, 0.5) is 0 Å². The fourth-order valence-electron chi connectivity index (χ4n) is 4.14. The molecule has 0 radical (unpaired) electrons. The minimum atomic E-state index is -0.501. The van der Waals surface area contributed by atoms with Crippen LogP contribution in [0.2, 0.25) is 0 Å². The second-order valence-electron chi connectivity index (χ2n) is 6.16. The molecule has 0 bridgehead atoms. The number of carboxylic acids is 1. The van der Waals surface area contributed by atoms with E-state index in [4.69, 9.17) is 0 Å². The Balaban J connectivity index is 2.12. The van der Waals surface area contributed by atoms with Crippen molar-refractivity contribution in [2.75, 3.05) is 0 Å². The minimum Gasteiger partial charge on any atom is -0.481 e. The van der Waals surface area contributed by atoms with E-state index in [0.29, 0.717) is 5.92 Å². The van der Waals surface area contributed by atoms with Crippen LogP contribution in [0.5, 0.6) is 0 Å². The van der Waals surface area contributed by atoms with E-state index in [1.54, 1.807) is 0 Å². The van der Waals surface area contributed by atoms with Crippen molar-refractivity contribution in [3.63, 3.8) is 0 Å². The average Bonchev–Trinajstić information content (AvgIpc) is 2.39. The van der Waals surface area contributed by atoms with Gasteiger partial charge in [-0.05, 0) is 37.5 Å². The first-order chi connectivity index (χ1) is 8.19. The van der Waals surface area contributed by atoms with E-state index in [2.05, 4.69) is 6.92 Å². The van der Waals surface area contributed by atoms with Crippen LogP contribution in [0, 0.1) is 17.3 Å². The highest BCUT2D eigenvalue weighted by Gasteiger charge is 2.47. The molecule has 0 aromatic heterocycles. The van der Waals surface area contributed by atoms with Crippen molar-refractivity contribution >= 4 is 5.97 Å². The number of aliphatic carboxylic acids is 1. The first-order valence-electron chi connectivity index (χ1n) is 7.42. The van der Waals surface area contributed by atoms with Crippen molar-refractivity contribution in [1.29, 1.82) is 0 Å². The molecule has 0 amide bonds. The topological polar surface area (TPSA) is 37.3 Å². The molecule has 2 aliphatic carbocycles. The predicted octanol–water partition coefficient (Wildman–Crippen LogP) is 4.24. The fraction of sp³-hybridized carbons (Fsp3) is 0.933. The van der Waals surface area contributed by atoms with Crippen molar-refractivity contribution in [3.8, 4) is 0 Å². The van der Waals surface area contributed by atoms with E-state index in [-0.39, 0.29) is 5.41 Å². The Morgan fingerprint density at radius 1 is 1.18 bits per heavy atom. The summed E-state index contributed by atoms with van der Waals surface area (Å²) in [5, 5.41) is 9.70. The van der Waals surface area contributed by atoms with E-state index in [1.807, 2.05) is 0 Å². The molecule has 2 heteroatoms. The summed E-state index contributed by atoms with van der Waals surface area (Å²) in [5.74, 6) is 0.741. The molecular formula is C15H26O2. The van der Waals surface area contributed by atoms with Gasteiger partial charge in [0.05, 0.1) is 5.41 Å². The Morgan fingerprint density at radius 3 is 2.47 bits per heavy atom. The molecule has 0 aromatic carbocycles. The first kappa shape index (κ1) is 12.9. The van der Waals surface area contributed by atoms with Gasteiger partial charge in [0.25, 0.3) is 0 Å². The van der Waals surface area contributed by atoms with Crippen LogP contribution < -0.4 is 0 Å². The standard InChI is InChI=1S/C15H26O2/c1-2-12-7-6-8-13(11-12)15(14(16)17)9-4-3-5-10-15/h12-13H,2-11H2,1H3,(H,16,17). The van der Waals surface area contributed by atoms with Gasteiger partial charge in [-0.3, -0.25) is 4.79 Å². The number of hydrogen-bond acceptors (Lipinski definition) is 1. The van der Waals surface area contributed by atoms with E-state index in [9.17, 15) is 9.90 Å². The zero-order chi connectivity index (χ0) is 12.3. The zero-order valence-electron chi connectivity index (χ0n) is 11.1. The Labute approximate surface area is 105 Å². The van der Waals surface area contributed by atoms with Gasteiger partial charge in [0, 0.05) is 0 Å². The highest BCUT2D eigenvalue weighted by atomic mass is 16.4. The zero-order valence-corrected chi connectivity index (χ0v) is 11.1.